The van der Waals surface area contributed by atoms with Crippen LogP contribution in [0.5, 0.6) is 0 Å². The van der Waals surface area contributed by atoms with Gasteiger partial charge in [0, 0.05) is 12.8 Å². The highest BCUT2D eigenvalue weighted by Gasteiger charge is 2.47. The SMILES string of the molecule is N#CC1(c2cccc3c2CCC3)CC(=O)C1. The van der Waals surface area contributed by atoms with Gasteiger partial charge in [-0.1, -0.05) is 18.2 Å². The third-order valence-corrected chi connectivity index (χ3v) is 3.87. The quantitative estimate of drug-likeness (QED) is 0.715. The van der Waals surface area contributed by atoms with E-state index in [1.807, 2.05) is 12.1 Å². The lowest BCUT2D eigenvalue weighted by Crippen LogP contribution is -2.41. The highest BCUT2D eigenvalue weighted by atomic mass is 16.1. The largest absolute Gasteiger partial charge is 0.300 e. The average Bonchev–Trinajstić information content (AvgIpc) is 2.72. The smallest absolute Gasteiger partial charge is 0.136 e. The maximum atomic E-state index is 11.2. The van der Waals surface area contributed by atoms with Crippen molar-refractivity contribution in [1.29, 1.82) is 5.26 Å². The summed E-state index contributed by atoms with van der Waals surface area (Å²) < 4.78 is 0. The molecule has 0 amide bonds. The van der Waals surface area contributed by atoms with Gasteiger partial charge in [0.2, 0.25) is 0 Å². The Bertz CT molecular complexity index is 502. The molecule has 0 N–H and O–H groups in total. The normalized spacial score (nSPS) is 21.1. The van der Waals surface area contributed by atoms with E-state index in [0.29, 0.717) is 12.8 Å². The van der Waals surface area contributed by atoms with Gasteiger partial charge >= 0.3 is 0 Å². The summed E-state index contributed by atoms with van der Waals surface area (Å²) in [5, 5.41) is 9.34. The van der Waals surface area contributed by atoms with Crippen LogP contribution in [0, 0.1) is 11.3 Å². The van der Waals surface area contributed by atoms with Crippen molar-refractivity contribution in [2.24, 2.45) is 0 Å². The number of carbonyl (C=O) groups excluding carboxylic acids is 1. The van der Waals surface area contributed by atoms with E-state index < -0.39 is 5.41 Å². The third kappa shape index (κ3) is 1.15. The van der Waals surface area contributed by atoms with Gasteiger partial charge in [0.05, 0.1) is 11.5 Å². The van der Waals surface area contributed by atoms with Crippen molar-refractivity contribution in [2.45, 2.75) is 37.5 Å². The number of ketones is 1. The lowest BCUT2D eigenvalue weighted by atomic mass is 9.63. The van der Waals surface area contributed by atoms with Crippen molar-refractivity contribution >= 4 is 5.78 Å². The summed E-state index contributed by atoms with van der Waals surface area (Å²) in [5.74, 6) is 0.220. The van der Waals surface area contributed by atoms with Crippen LogP contribution in [0.2, 0.25) is 0 Å². The lowest BCUT2D eigenvalue weighted by molar-refractivity contribution is -0.126. The molecule has 0 radical (unpaired) electrons. The molecule has 1 fully saturated rings. The number of benzene rings is 1. The van der Waals surface area contributed by atoms with Gasteiger partial charge in [-0.3, -0.25) is 4.79 Å². The van der Waals surface area contributed by atoms with Crippen LogP contribution in [0.15, 0.2) is 18.2 Å². The maximum Gasteiger partial charge on any atom is 0.136 e. The van der Waals surface area contributed by atoms with E-state index in [-0.39, 0.29) is 5.78 Å². The Morgan fingerprint density at radius 1 is 1.25 bits per heavy atom. The van der Waals surface area contributed by atoms with Crippen molar-refractivity contribution in [2.75, 3.05) is 0 Å². The zero-order valence-corrected chi connectivity index (χ0v) is 9.12. The predicted molar refractivity (Wildman–Crippen MR) is 60.0 cm³/mol. The predicted octanol–water partition coefficient (Wildman–Crippen LogP) is 2.30. The number of hydrogen-bond donors (Lipinski definition) is 0. The topological polar surface area (TPSA) is 40.9 Å². The van der Waals surface area contributed by atoms with Crippen LogP contribution in [0.3, 0.4) is 0 Å². The Hall–Kier alpha value is -1.62. The second kappa shape index (κ2) is 3.18. The zero-order chi connectivity index (χ0) is 11.2. The molecule has 0 heterocycles. The Morgan fingerprint density at radius 2 is 2.06 bits per heavy atom. The molecule has 0 aromatic heterocycles. The van der Waals surface area contributed by atoms with E-state index in [9.17, 15) is 10.1 Å². The molecule has 0 saturated heterocycles. The van der Waals surface area contributed by atoms with Gasteiger partial charge in [0.15, 0.2) is 0 Å². The van der Waals surface area contributed by atoms with Gasteiger partial charge in [0.25, 0.3) is 0 Å². The van der Waals surface area contributed by atoms with Crippen molar-refractivity contribution in [1.82, 2.24) is 0 Å². The summed E-state index contributed by atoms with van der Waals surface area (Å²) in [6, 6.07) is 8.59. The maximum absolute atomic E-state index is 11.2. The van der Waals surface area contributed by atoms with Crippen LogP contribution < -0.4 is 0 Å². The second-order valence-electron chi connectivity index (χ2n) is 4.88. The minimum atomic E-state index is -0.493. The minimum absolute atomic E-state index is 0.220. The van der Waals surface area contributed by atoms with E-state index in [1.54, 1.807) is 0 Å². The van der Waals surface area contributed by atoms with E-state index in [2.05, 4.69) is 12.1 Å². The molecule has 2 aliphatic rings. The Morgan fingerprint density at radius 3 is 2.75 bits per heavy atom. The number of nitriles is 1. The molecule has 0 spiro atoms. The van der Waals surface area contributed by atoms with Crippen LogP contribution in [-0.4, -0.2) is 5.78 Å². The lowest BCUT2D eigenvalue weighted by Gasteiger charge is -2.35. The van der Waals surface area contributed by atoms with Crippen LogP contribution >= 0.6 is 0 Å². The number of carbonyl (C=O) groups is 1. The first-order valence-corrected chi connectivity index (χ1v) is 5.79. The second-order valence-corrected chi connectivity index (χ2v) is 4.88. The molecule has 16 heavy (non-hydrogen) atoms. The summed E-state index contributed by atoms with van der Waals surface area (Å²) in [5.41, 5.74) is 3.36. The summed E-state index contributed by atoms with van der Waals surface area (Å²) in [6.07, 6.45) is 4.21. The number of nitrogens with zero attached hydrogens (tertiary/aromatic N) is 1. The number of fused-ring (bicyclic) bond motifs is 1. The number of Topliss-reactive ketones (excluding diaryl/α,β-unsaturated/α-hetero) is 1. The van der Waals surface area contributed by atoms with E-state index in [0.717, 1.165) is 18.4 Å². The molecule has 1 aromatic carbocycles. The molecule has 2 aliphatic carbocycles. The van der Waals surface area contributed by atoms with Gasteiger partial charge in [-0.25, -0.2) is 0 Å². The Labute approximate surface area is 94.9 Å². The van der Waals surface area contributed by atoms with Crippen LogP contribution in [0.4, 0.5) is 0 Å². The Kier molecular flexibility index (Phi) is 1.91. The molecule has 3 rings (SSSR count). The van der Waals surface area contributed by atoms with Crippen molar-refractivity contribution in [3.63, 3.8) is 0 Å². The molecule has 0 unspecified atom stereocenters. The fourth-order valence-electron chi connectivity index (χ4n) is 3.02. The third-order valence-electron chi connectivity index (χ3n) is 3.87. The van der Waals surface area contributed by atoms with E-state index >= 15 is 0 Å². The molecule has 0 aliphatic heterocycles. The number of aryl methyl sites for hydroxylation is 1. The molecule has 1 aromatic rings. The van der Waals surface area contributed by atoms with Gasteiger partial charge in [-0.2, -0.15) is 5.26 Å². The van der Waals surface area contributed by atoms with Crippen LogP contribution in [0.25, 0.3) is 0 Å². The van der Waals surface area contributed by atoms with Gasteiger partial charge in [-0.05, 0) is 36.0 Å². The first kappa shape index (κ1) is 9.59. The molecule has 0 atom stereocenters. The highest BCUT2D eigenvalue weighted by molar-refractivity contribution is 5.90. The molecular weight excluding hydrogens is 198 g/mol. The van der Waals surface area contributed by atoms with E-state index in [1.165, 1.54) is 17.5 Å². The van der Waals surface area contributed by atoms with Crippen molar-refractivity contribution < 1.29 is 4.79 Å². The zero-order valence-electron chi connectivity index (χ0n) is 9.12. The molecule has 80 valence electrons. The highest BCUT2D eigenvalue weighted by Crippen LogP contribution is 2.44. The fourth-order valence-corrected chi connectivity index (χ4v) is 3.02. The first-order valence-electron chi connectivity index (χ1n) is 5.79. The molecule has 1 saturated carbocycles. The van der Waals surface area contributed by atoms with Crippen molar-refractivity contribution in [3.8, 4) is 6.07 Å². The van der Waals surface area contributed by atoms with Gasteiger partial charge < -0.3 is 0 Å². The molecular formula is C14H13NO. The van der Waals surface area contributed by atoms with Crippen LogP contribution in [-0.2, 0) is 23.1 Å². The molecule has 0 bridgehead atoms. The summed E-state index contributed by atoms with van der Waals surface area (Å²) in [7, 11) is 0. The van der Waals surface area contributed by atoms with Gasteiger partial charge in [0.1, 0.15) is 5.78 Å². The molecule has 2 nitrogen and oxygen atoms in total. The summed E-state index contributed by atoms with van der Waals surface area (Å²) in [6.45, 7) is 0. The monoisotopic (exact) mass is 211 g/mol. The number of hydrogen-bond acceptors (Lipinski definition) is 2. The average molecular weight is 211 g/mol. The van der Waals surface area contributed by atoms with E-state index in [4.69, 9.17) is 0 Å². The summed E-state index contributed by atoms with van der Waals surface area (Å²) in [4.78, 5) is 11.2. The Balaban J connectivity index is 2.11. The van der Waals surface area contributed by atoms with Crippen LogP contribution in [0.1, 0.15) is 36.0 Å². The van der Waals surface area contributed by atoms with Gasteiger partial charge in [-0.15, -0.1) is 0 Å². The van der Waals surface area contributed by atoms with Crippen molar-refractivity contribution in [3.05, 3.63) is 34.9 Å². The fraction of sp³-hybridized carbons (Fsp3) is 0.429. The minimum Gasteiger partial charge on any atom is -0.300 e. The molecule has 2 heteroatoms. The number of rotatable bonds is 1. The first-order chi connectivity index (χ1) is 7.75. The standard InChI is InChI=1S/C14H13NO/c15-9-14(7-11(16)8-14)13-6-2-4-10-3-1-5-12(10)13/h2,4,6H,1,3,5,7-8H2. The summed E-state index contributed by atoms with van der Waals surface area (Å²) >= 11 is 0.